The van der Waals surface area contributed by atoms with Gasteiger partial charge in [-0.25, -0.2) is 0 Å². The summed E-state index contributed by atoms with van der Waals surface area (Å²) in [7, 11) is 0. The van der Waals surface area contributed by atoms with Gasteiger partial charge in [-0.1, -0.05) is 84.9 Å². The molecule has 0 aromatic heterocycles. The summed E-state index contributed by atoms with van der Waals surface area (Å²) in [4.78, 5) is 21.1. The average molecular weight is 604 g/mol. The van der Waals surface area contributed by atoms with Gasteiger partial charge in [0.25, 0.3) is 0 Å². The summed E-state index contributed by atoms with van der Waals surface area (Å²) in [6, 6.07) is 32.2. The van der Waals surface area contributed by atoms with Gasteiger partial charge in [-0.05, 0) is 59.4 Å². The third-order valence-corrected chi connectivity index (χ3v) is 5.86. The number of carboxylic acids is 2. The molecule has 0 aliphatic heterocycles. The molecule has 41 heavy (non-hydrogen) atoms. The van der Waals surface area contributed by atoms with E-state index in [2.05, 4.69) is 0 Å². The van der Waals surface area contributed by atoms with Crippen molar-refractivity contribution >= 4 is 11.9 Å². The largest absolute Gasteiger partial charge is 2.00 e. The van der Waals surface area contributed by atoms with Gasteiger partial charge in [0.2, 0.25) is 0 Å². The first-order chi connectivity index (χ1) is 19.3. The topological polar surface area (TPSA) is 151 Å². The Hall–Kier alpha value is -4.14. The zero-order valence-electron chi connectivity index (χ0n) is 22.3. The first-order valence-electron chi connectivity index (χ1n) is 12.7. The van der Waals surface area contributed by atoms with E-state index in [0.29, 0.717) is 13.2 Å². The molecule has 0 bridgehead atoms. The molecule has 0 saturated carbocycles. The number of rotatable bonds is 12. The van der Waals surface area contributed by atoms with E-state index in [1.165, 1.54) is 0 Å². The molecule has 2 atom stereocenters. The summed E-state index contributed by atoms with van der Waals surface area (Å²) >= 11 is 0. The number of hydrogen-bond acceptors (Lipinski definition) is 8. The molecule has 4 N–H and O–H groups in total. The molecular formula is C32H32CuN2O6. The van der Waals surface area contributed by atoms with Crippen molar-refractivity contribution in [3.63, 3.8) is 0 Å². The number of carboxylic acid groups (broad SMARTS) is 2. The third-order valence-electron chi connectivity index (χ3n) is 5.86. The van der Waals surface area contributed by atoms with Crippen LogP contribution in [0.2, 0.25) is 0 Å². The molecule has 0 amide bonds. The summed E-state index contributed by atoms with van der Waals surface area (Å²) < 4.78 is 11.3. The van der Waals surface area contributed by atoms with Crippen LogP contribution in [-0.2, 0) is 52.7 Å². The number of carbonyl (C=O) groups excluding carboxylic acids is 2. The van der Waals surface area contributed by atoms with Gasteiger partial charge in [0.15, 0.2) is 0 Å². The van der Waals surface area contributed by atoms with Crippen LogP contribution in [0.15, 0.2) is 109 Å². The first kappa shape index (κ1) is 33.1. The molecule has 217 valence electrons. The molecule has 0 heterocycles. The molecule has 0 aliphatic rings. The molecule has 9 heteroatoms. The van der Waals surface area contributed by atoms with E-state index < -0.39 is 24.0 Å². The predicted molar refractivity (Wildman–Crippen MR) is 148 cm³/mol. The van der Waals surface area contributed by atoms with Crippen molar-refractivity contribution in [1.29, 1.82) is 0 Å². The molecule has 0 saturated heterocycles. The number of nitrogens with two attached hydrogens (primary N) is 2. The van der Waals surface area contributed by atoms with E-state index >= 15 is 0 Å². The van der Waals surface area contributed by atoms with E-state index in [9.17, 15) is 19.8 Å². The van der Waals surface area contributed by atoms with E-state index in [-0.39, 0.29) is 29.9 Å². The van der Waals surface area contributed by atoms with Gasteiger partial charge in [0.1, 0.15) is 24.7 Å². The minimum absolute atomic E-state index is 0. The third kappa shape index (κ3) is 12.3. The number of hydrogen-bond donors (Lipinski definition) is 2. The maximum atomic E-state index is 10.6. The van der Waals surface area contributed by atoms with Gasteiger partial charge in [-0.2, -0.15) is 0 Å². The van der Waals surface area contributed by atoms with Crippen LogP contribution >= 0.6 is 0 Å². The monoisotopic (exact) mass is 603 g/mol. The van der Waals surface area contributed by atoms with Crippen LogP contribution in [0, 0.1) is 0 Å². The molecular weight excluding hydrogens is 572 g/mol. The van der Waals surface area contributed by atoms with Crippen LogP contribution in [0.4, 0.5) is 0 Å². The van der Waals surface area contributed by atoms with Crippen molar-refractivity contribution in [2.45, 2.75) is 38.1 Å². The standard InChI is InChI=1S/2C16H17NO3.Cu/c2*17-15(16(18)19)10-12-6-8-14(9-7-12)20-11-13-4-2-1-3-5-13;/h2*1-9,15H,10-11,17H2,(H,18,19);/q;;+2/p-2/t2*15-;/m11./s1. The van der Waals surface area contributed by atoms with Crippen molar-refractivity contribution in [2.75, 3.05) is 0 Å². The van der Waals surface area contributed by atoms with Crippen molar-refractivity contribution in [1.82, 2.24) is 0 Å². The van der Waals surface area contributed by atoms with E-state index in [4.69, 9.17) is 20.9 Å². The summed E-state index contributed by atoms with van der Waals surface area (Å²) in [5.74, 6) is -1.01. The Morgan fingerprint density at radius 2 is 0.854 bits per heavy atom. The van der Waals surface area contributed by atoms with Gasteiger partial charge in [0, 0.05) is 12.1 Å². The fourth-order valence-electron chi connectivity index (χ4n) is 3.60. The van der Waals surface area contributed by atoms with Crippen LogP contribution in [0.3, 0.4) is 0 Å². The summed E-state index contributed by atoms with van der Waals surface area (Å²) in [5, 5.41) is 21.1. The number of benzene rings is 4. The minimum atomic E-state index is -1.24. The zero-order valence-corrected chi connectivity index (χ0v) is 23.2. The second-order valence-electron chi connectivity index (χ2n) is 9.10. The van der Waals surface area contributed by atoms with Crippen molar-refractivity contribution in [2.24, 2.45) is 11.5 Å². The van der Waals surface area contributed by atoms with Crippen LogP contribution < -0.4 is 31.2 Å². The van der Waals surface area contributed by atoms with Crippen LogP contribution in [0.25, 0.3) is 0 Å². The van der Waals surface area contributed by atoms with Gasteiger partial charge < -0.3 is 40.7 Å². The molecule has 4 aromatic rings. The first-order valence-corrected chi connectivity index (χ1v) is 12.7. The Morgan fingerprint density at radius 1 is 0.537 bits per heavy atom. The van der Waals surface area contributed by atoms with Gasteiger partial charge in [-0.15, -0.1) is 0 Å². The van der Waals surface area contributed by atoms with Crippen LogP contribution in [-0.4, -0.2) is 24.0 Å². The van der Waals surface area contributed by atoms with E-state index in [1.54, 1.807) is 24.3 Å². The molecule has 0 unspecified atom stereocenters. The predicted octanol–water partition coefficient (Wildman–Crippen LogP) is 1.77. The molecule has 0 fully saturated rings. The summed E-state index contributed by atoms with van der Waals surface area (Å²) in [6.45, 7) is 0.998. The van der Waals surface area contributed by atoms with E-state index in [0.717, 1.165) is 33.8 Å². The maximum Gasteiger partial charge on any atom is 2.00 e. The van der Waals surface area contributed by atoms with Gasteiger partial charge in [0.05, 0.1) is 11.9 Å². The van der Waals surface area contributed by atoms with Gasteiger partial charge in [-0.3, -0.25) is 0 Å². The van der Waals surface area contributed by atoms with Crippen molar-refractivity contribution in [3.05, 3.63) is 131 Å². The Morgan fingerprint density at radius 3 is 1.15 bits per heavy atom. The molecule has 8 nitrogen and oxygen atoms in total. The second kappa shape index (κ2) is 17.5. The molecule has 4 aromatic carbocycles. The normalized spacial score (nSPS) is 11.6. The van der Waals surface area contributed by atoms with Crippen molar-refractivity contribution < 1.29 is 46.3 Å². The van der Waals surface area contributed by atoms with Crippen LogP contribution in [0.1, 0.15) is 22.3 Å². The molecule has 0 aliphatic carbocycles. The molecule has 4 rings (SSSR count). The average Bonchev–Trinajstić information content (AvgIpc) is 2.98. The molecule has 1 radical (unpaired) electrons. The Kier molecular flexibility index (Phi) is 14.1. The SMILES string of the molecule is N[C@H](Cc1ccc(OCc2ccccc2)cc1)C(=O)[O-].N[C@H](Cc1ccc(OCc2ccccc2)cc1)C(=O)[O-].[Cu+2]. The van der Waals surface area contributed by atoms with Gasteiger partial charge >= 0.3 is 17.1 Å². The fraction of sp³-hybridized carbons (Fsp3) is 0.188. The fourth-order valence-corrected chi connectivity index (χ4v) is 3.60. The number of aliphatic carboxylic acids is 2. The number of carbonyl (C=O) groups is 2. The summed E-state index contributed by atoms with van der Waals surface area (Å²) in [5.41, 5.74) is 14.7. The molecule has 0 spiro atoms. The number of ether oxygens (including phenoxy) is 2. The Balaban J connectivity index is 0.000000280. The summed E-state index contributed by atoms with van der Waals surface area (Å²) in [6.07, 6.45) is 0.503. The van der Waals surface area contributed by atoms with Crippen molar-refractivity contribution in [3.8, 4) is 11.5 Å². The van der Waals surface area contributed by atoms with E-state index in [1.807, 2.05) is 84.9 Å². The second-order valence-corrected chi connectivity index (χ2v) is 9.10. The van der Waals surface area contributed by atoms with Crippen LogP contribution in [0.5, 0.6) is 11.5 Å². The maximum absolute atomic E-state index is 10.6. The quantitative estimate of drug-likeness (QED) is 0.233. The Bertz CT molecular complexity index is 1220. The zero-order chi connectivity index (χ0) is 28.7. The minimum Gasteiger partial charge on any atom is -0.548 e. The Labute approximate surface area is 250 Å². The smallest absolute Gasteiger partial charge is 0.548 e.